The zero-order valence-electron chi connectivity index (χ0n) is 9.51. The van der Waals surface area contributed by atoms with E-state index in [2.05, 4.69) is 33.0 Å². The van der Waals surface area contributed by atoms with Gasteiger partial charge in [0.05, 0.1) is 0 Å². The standard InChI is InChI=1S/C11H25NO/c1-9(2)8-11(4)12-10(3)6-5-7-13/h9-13H,5-8H2,1-4H3/t10-,11-/m1/s1. The fourth-order valence-corrected chi connectivity index (χ4v) is 1.74. The minimum atomic E-state index is 0.310. The van der Waals surface area contributed by atoms with Gasteiger partial charge in [-0.05, 0) is 39.0 Å². The average molecular weight is 187 g/mol. The van der Waals surface area contributed by atoms with E-state index in [1.807, 2.05) is 0 Å². The zero-order valence-corrected chi connectivity index (χ0v) is 9.51. The third-order valence-electron chi connectivity index (χ3n) is 2.19. The van der Waals surface area contributed by atoms with Crippen LogP contribution in [-0.2, 0) is 0 Å². The second-order valence-corrected chi connectivity index (χ2v) is 4.46. The highest BCUT2D eigenvalue weighted by molar-refractivity contribution is 4.68. The molecule has 0 aliphatic rings. The highest BCUT2D eigenvalue weighted by atomic mass is 16.2. The van der Waals surface area contributed by atoms with Crippen molar-refractivity contribution in [3.63, 3.8) is 0 Å². The lowest BCUT2D eigenvalue weighted by Gasteiger charge is -2.21. The highest BCUT2D eigenvalue weighted by Gasteiger charge is 2.08. The van der Waals surface area contributed by atoms with Crippen LogP contribution in [0.4, 0.5) is 0 Å². The third-order valence-corrected chi connectivity index (χ3v) is 2.19. The van der Waals surface area contributed by atoms with Gasteiger partial charge in [-0.1, -0.05) is 13.8 Å². The summed E-state index contributed by atoms with van der Waals surface area (Å²) in [6.07, 6.45) is 3.20. The topological polar surface area (TPSA) is 32.3 Å². The van der Waals surface area contributed by atoms with Crippen molar-refractivity contribution in [2.24, 2.45) is 5.92 Å². The Morgan fingerprint density at radius 1 is 1.08 bits per heavy atom. The van der Waals surface area contributed by atoms with Crippen LogP contribution in [0.2, 0.25) is 0 Å². The molecule has 0 unspecified atom stereocenters. The van der Waals surface area contributed by atoms with Gasteiger partial charge in [-0.2, -0.15) is 0 Å². The van der Waals surface area contributed by atoms with Gasteiger partial charge in [-0.25, -0.2) is 0 Å². The monoisotopic (exact) mass is 187 g/mol. The zero-order chi connectivity index (χ0) is 10.3. The van der Waals surface area contributed by atoms with Crippen LogP contribution in [0.25, 0.3) is 0 Å². The maximum absolute atomic E-state index is 8.67. The predicted octanol–water partition coefficient (Wildman–Crippen LogP) is 2.17. The number of aliphatic hydroxyl groups excluding tert-OH is 1. The molecule has 0 radical (unpaired) electrons. The first-order valence-electron chi connectivity index (χ1n) is 5.43. The quantitative estimate of drug-likeness (QED) is 0.640. The molecule has 0 aromatic rings. The maximum atomic E-state index is 8.67. The summed E-state index contributed by atoms with van der Waals surface area (Å²) in [6, 6.07) is 1.12. The van der Waals surface area contributed by atoms with Gasteiger partial charge < -0.3 is 10.4 Å². The maximum Gasteiger partial charge on any atom is 0.0431 e. The second kappa shape index (κ2) is 7.34. The molecular weight excluding hydrogens is 162 g/mol. The van der Waals surface area contributed by atoms with Crippen LogP contribution in [0.15, 0.2) is 0 Å². The van der Waals surface area contributed by atoms with Gasteiger partial charge >= 0.3 is 0 Å². The van der Waals surface area contributed by atoms with E-state index >= 15 is 0 Å². The highest BCUT2D eigenvalue weighted by Crippen LogP contribution is 2.06. The molecule has 2 heteroatoms. The lowest BCUT2D eigenvalue weighted by Crippen LogP contribution is -2.35. The van der Waals surface area contributed by atoms with Crippen molar-refractivity contribution in [3.05, 3.63) is 0 Å². The summed E-state index contributed by atoms with van der Waals surface area (Å²) in [5.41, 5.74) is 0. The lowest BCUT2D eigenvalue weighted by atomic mass is 10.0. The first-order valence-corrected chi connectivity index (χ1v) is 5.43. The molecule has 0 saturated carbocycles. The summed E-state index contributed by atoms with van der Waals surface area (Å²) in [4.78, 5) is 0. The molecule has 0 rings (SSSR count). The minimum Gasteiger partial charge on any atom is -0.396 e. The Bertz CT molecular complexity index is 115. The first kappa shape index (κ1) is 12.9. The Labute approximate surface area is 82.7 Å². The van der Waals surface area contributed by atoms with Crippen LogP contribution in [-0.4, -0.2) is 23.8 Å². The SMILES string of the molecule is CC(C)C[C@@H](C)N[C@H](C)CCCO. The Morgan fingerprint density at radius 2 is 1.69 bits per heavy atom. The normalized spacial score (nSPS) is 16.2. The van der Waals surface area contributed by atoms with Crippen molar-refractivity contribution in [1.82, 2.24) is 5.32 Å². The van der Waals surface area contributed by atoms with Crippen LogP contribution >= 0.6 is 0 Å². The number of hydrogen-bond acceptors (Lipinski definition) is 2. The molecule has 80 valence electrons. The number of nitrogens with one attached hydrogen (secondary N) is 1. The summed E-state index contributed by atoms with van der Waals surface area (Å²) in [6.45, 7) is 9.22. The van der Waals surface area contributed by atoms with Crippen LogP contribution < -0.4 is 5.32 Å². The van der Waals surface area contributed by atoms with Crippen molar-refractivity contribution in [3.8, 4) is 0 Å². The Hall–Kier alpha value is -0.0800. The fraction of sp³-hybridized carbons (Fsp3) is 1.00. The van der Waals surface area contributed by atoms with Gasteiger partial charge in [0.1, 0.15) is 0 Å². The van der Waals surface area contributed by atoms with E-state index in [0.29, 0.717) is 18.7 Å². The number of rotatable bonds is 7. The summed E-state index contributed by atoms with van der Waals surface area (Å²) >= 11 is 0. The third kappa shape index (κ3) is 8.26. The van der Waals surface area contributed by atoms with Crippen molar-refractivity contribution in [2.75, 3.05) is 6.61 Å². The molecule has 0 heterocycles. The van der Waals surface area contributed by atoms with Crippen molar-refractivity contribution in [1.29, 1.82) is 0 Å². The van der Waals surface area contributed by atoms with E-state index < -0.39 is 0 Å². The van der Waals surface area contributed by atoms with E-state index in [1.54, 1.807) is 0 Å². The van der Waals surface area contributed by atoms with Crippen LogP contribution in [0.5, 0.6) is 0 Å². The number of hydrogen-bond donors (Lipinski definition) is 2. The molecule has 0 saturated heterocycles. The van der Waals surface area contributed by atoms with Gasteiger partial charge in [0, 0.05) is 18.7 Å². The number of aliphatic hydroxyl groups is 1. The van der Waals surface area contributed by atoms with Gasteiger partial charge in [-0.15, -0.1) is 0 Å². The lowest BCUT2D eigenvalue weighted by molar-refractivity contribution is 0.272. The predicted molar refractivity (Wildman–Crippen MR) is 57.8 cm³/mol. The second-order valence-electron chi connectivity index (χ2n) is 4.46. The molecule has 0 bridgehead atoms. The van der Waals surface area contributed by atoms with Crippen molar-refractivity contribution in [2.45, 2.75) is 59.0 Å². The van der Waals surface area contributed by atoms with E-state index in [0.717, 1.165) is 18.8 Å². The molecule has 0 spiro atoms. The van der Waals surface area contributed by atoms with E-state index in [4.69, 9.17) is 5.11 Å². The Kier molecular flexibility index (Phi) is 7.29. The van der Waals surface area contributed by atoms with E-state index in [1.165, 1.54) is 6.42 Å². The summed E-state index contributed by atoms with van der Waals surface area (Å²) in [5, 5.41) is 12.2. The Morgan fingerprint density at radius 3 is 2.15 bits per heavy atom. The summed E-state index contributed by atoms with van der Waals surface area (Å²) in [7, 11) is 0. The Balaban J connectivity index is 3.46. The minimum absolute atomic E-state index is 0.310. The molecule has 0 aromatic heterocycles. The fourth-order valence-electron chi connectivity index (χ4n) is 1.74. The van der Waals surface area contributed by atoms with Crippen molar-refractivity contribution >= 4 is 0 Å². The van der Waals surface area contributed by atoms with Crippen molar-refractivity contribution < 1.29 is 5.11 Å². The van der Waals surface area contributed by atoms with Crippen LogP contribution in [0.3, 0.4) is 0 Å². The van der Waals surface area contributed by atoms with Gasteiger partial charge in [0.25, 0.3) is 0 Å². The van der Waals surface area contributed by atoms with Crippen LogP contribution in [0, 0.1) is 5.92 Å². The largest absolute Gasteiger partial charge is 0.396 e. The van der Waals surface area contributed by atoms with E-state index in [-0.39, 0.29) is 0 Å². The average Bonchev–Trinajstić information content (AvgIpc) is 1.98. The molecular formula is C11H25NO. The molecule has 0 fully saturated rings. The van der Waals surface area contributed by atoms with Crippen LogP contribution in [0.1, 0.15) is 47.0 Å². The van der Waals surface area contributed by atoms with Gasteiger partial charge in [-0.3, -0.25) is 0 Å². The molecule has 0 amide bonds. The molecule has 2 N–H and O–H groups in total. The molecule has 2 atom stereocenters. The molecule has 13 heavy (non-hydrogen) atoms. The van der Waals surface area contributed by atoms with Gasteiger partial charge in [0.2, 0.25) is 0 Å². The molecule has 2 nitrogen and oxygen atoms in total. The first-order chi connectivity index (χ1) is 6.06. The molecule has 0 aliphatic carbocycles. The summed E-state index contributed by atoms with van der Waals surface area (Å²) in [5.74, 6) is 0.757. The molecule has 0 aromatic carbocycles. The van der Waals surface area contributed by atoms with Gasteiger partial charge in [0.15, 0.2) is 0 Å². The summed E-state index contributed by atoms with van der Waals surface area (Å²) < 4.78 is 0. The smallest absolute Gasteiger partial charge is 0.0431 e. The van der Waals surface area contributed by atoms with E-state index in [9.17, 15) is 0 Å². The molecule has 0 aliphatic heterocycles.